The van der Waals surface area contributed by atoms with Gasteiger partial charge in [0, 0.05) is 27.6 Å². The zero-order valence-electron chi connectivity index (χ0n) is 14.8. The molecule has 0 spiro atoms. The van der Waals surface area contributed by atoms with Crippen molar-refractivity contribution in [1.29, 1.82) is 0 Å². The van der Waals surface area contributed by atoms with Crippen molar-refractivity contribution in [2.75, 3.05) is 12.4 Å². The maximum atomic E-state index is 13.1. The minimum Gasteiger partial charge on any atom is -0.497 e. The molecule has 0 bridgehead atoms. The van der Waals surface area contributed by atoms with Crippen LogP contribution in [0.15, 0.2) is 63.7 Å². The fraction of sp³-hybridized carbons (Fsp3) is 0.150. The zero-order chi connectivity index (χ0) is 19.9. The second-order valence-electron chi connectivity index (χ2n) is 6.38. The number of carbonyl (C=O) groups is 1. The third kappa shape index (κ3) is 3.30. The Labute approximate surface area is 171 Å². The number of amides is 1. The zero-order valence-corrected chi connectivity index (χ0v) is 17.2. The number of carbonyl (C=O) groups excluding carboxylic acids is 1. The summed E-state index contributed by atoms with van der Waals surface area (Å²) in [4.78, 5) is 13.4. The van der Waals surface area contributed by atoms with E-state index in [9.17, 15) is 13.2 Å². The monoisotopic (exact) mass is 433 g/mol. The lowest BCUT2D eigenvalue weighted by Gasteiger charge is -2.24. The van der Waals surface area contributed by atoms with Gasteiger partial charge in [-0.1, -0.05) is 23.7 Å². The van der Waals surface area contributed by atoms with E-state index in [1.54, 1.807) is 12.5 Å². The van der Waals surface area contributed by atoms with E-state index in [0.717, 1.165) is 10.4 Å². The van der Waals surface area contributed by atoms with Gasteiger partial charge in [-0.2, -0.15) is 0 Å². The number of sulfone groups is 1. The van der Waals surface area contributed by atoms with E-state index in [0.29, 0.717) is 16.5 Å². The van der Waals surface area contributed by atoms with E-state index in [2.05, 4.69) is 5.32 Å². The van der Waals surface area contributed by atoms with Gasteiger partial charge in [-0.25, -0.2) is 8.42 Å². The first-order valence-corrected chi connectivity index (χ1v) is 11.2. The van der Waals surface area contributed by atoms with Gasteiger partial charge >= 0.3 is 0 Å². The van der Waals surface area contributed by atoms with Gasteiger partial charge in [0.1, 0.15) is 10.6 Å². The lowest BCUT2D eigenvalue weighted by atomic mass is 9.90. The maximum absolute atomic E-state index is 13.1. The molecule has 0 radical (unpaired) electrons. The molecule has 1 aromatic heterocycles. The average molecular weight is 434 g/mol. The fourth-order valence-electron chi connectivity index (χ4n) is 3.27. The molecule has 1 atom stereocenters. The van der Waals surface area contributed by atoms with Crippen LogP contribution < -0.4 is 10.1 Å². The average Bonchev–Trinajstić information content (AvgIpc) is 3.12. The van der Waals surface area contributed by atoms with E-state index < -0.39 is 9.84 Å². The van der Waals surface area contributed by atoms with Gasteiger partial charge in [0.25, 0.3) is 0 Å². The molecule has 1 aliphatic rings. The number of ether oxygens (including phenoxy) is 1. The van der Waals surface area contributed by atoms with Crippen LogP contribution in [-0.2, 0) is 14.6 Å². The van der Waals surface area contributed by atoms with Gasteiger partial charge in [0.2, 0.25) is 15.7 Å². The number of rotatable bonds is 4. The number of halogens is 1. The maximum Gasteiger partial charge on any atom is 0.225 e. The lowest BCUT2D eigenvalue weighted by Crippen LogP contribution is -2.23. The second-order valence-corrected chi connectivity index (χ2v) is 9.64. The number of hydrogen-bond acceptors (Lipinski definition) is 5. The number of methoxy groups -OCH3 is 1. The van der Waals surface area contributed by atoms with Crippen LogP contribution >= 0.6 is 22.9 Å². The molecule has 4 rings (SSSR count). The molecule has 0 saturated carbocycles. The van der Waals surface area contributed by atoms with Crippen molar-refractivity contribution in [3.8, 4) is 5.75 Å². The van der Waals surface area contributed by atoms with E-state index in [-0.39, 0.29) is 28.0 Å². The lowest BCUT2D eigenvalue weighted by molar-refractivity contribution is -0.116. The SMILES string of the molecule is COc1cccc([C@@H]2CC(=O)Nc3c(S(=O)(=O)c4ccc(Cl)cc4)csc32)c1. The Morgan fingerprint density at radius 3 is 2.64 bits per heavy atom. The van der Waals surface area contributed by atoms with Crippen LogP contribution in [0.5, 0.6) is 5.75 Å². The quantitative estimate of drug-likeness (QED) is 0.646. The largest absolute Gasteiger partial charge is 0.497 e. The number of hydrogen-bond donors (Lipinski definition) is 1. The predicted octanol–water partition coefficient (Wildman–Crippen LogP) is 4.72. The molecule has 1 amide bonds. The molecule has 28 heavy (non-hydrogen) atoms. The molecule has 1 aliphatic heterocycles. The summed E-state index contributed by atoms with van der Waals surface area (Å²) in [6, 6.07) is 13.5. The minimum absolute atomic E-state index is 0.107. The summed E-state index contributed by atoms with van der Waals surface area (Å²) in [5.41, 5.74) is 1.27. The highest BCUT2D eigenvalue weighted by atomic mass is 35.5. The smallest absolute Gasteiger partial charge is 0.225 e. The van der Waals surface area contributed by atoms with Crippen molar-refractivity contribution < 1.29 is 17.9 Å². The first-order chi connectivity index (χ1) is 13.4. The Morgan fingerprint density at radius 1 is 1.18 bits per heavy atom. The van der Waals surface area contributed by atoms with Crippen molar-refractivity contribution >= 4 is 44.4 Å². The topological polar surface area (TPSA) is 72.5 Å². The second kappa shape index (κ2) is 7.24. The van der Waals surface area contributed by atoms with E-state index in [1.165, 1.54) is 35.6 Å². The van der Waals surface area contributed by atoms with Crippen molar-refractivity contribution in [1.82, 2.24) is 0 Å². The molecule has 2 aromatic carbocycles. The van der Waals surface area contributed by atoms with E-state index >= 15 is 0 Å². The Bertz CT molecular complexity index is 1150. The first kappa shape index (κ1) is 19.0. The fourth-order valence-corrected chi connectivity index (χ4v) is 6.30. The number of benzene rings is 2. The van der Waals surface area contributed by atoms with Crippen molar-refractivity contribution in [2.24, 2.45) is 0 Å². The van der Waals surface area contributed by atoms with Crippen LogP contribution in [0.4, 0.5) is 5.69 Å². The summed E-state index contributed by atoms with van der Waals surface area (Å²) in [6.07, 6.45) is 0.251. The van der Waals surface area contributed by atoms with Gasteiger partial charge in [0.05, 0.1) is 17.7 Å². The first-order valence-electron chi connectivity index (χ1n) is 8.46. The molecule has 0 saturated heterocycles. The molecule has 144 valence electrons. The van der Waals surface area contributed by atoms with Crippen LogP contribution in [0, 0.1) is 0 Å². The van der Waals surface area contributed by atoms with Gasteiger partial charge in [-0.15, -0.1) is 11.3 Å². The predicted molar refractivity (Wildman–Crippen MR) is 109 cm³/mol. The Kier molecular flexibility index (Phi) is 4.91. The molecular formula is C20H16ClNO4S2. The van der Waals surface area contributed by atoms with Gasteiger partial charge < -0.3 is 10.1 Å². The third-order valence-electron chi connectivity index (χ3n) is 4.67. The van der Waals surface area contributed by atoms with Crippen LogP contribution in [0.2, 0.25) is 5.02 Å². The van der Waals surface area contributed by atoms with Gasteiger partial charge in [-0.05, 0) is 42.0 Å². The van der Waals surface area contributed by atoms with Crippen molar-refractivity contribution in [2.45, 2.75) is 22.1 Å². The summed E-state index contributed by atoms with van der Waals surface area (Å²) in [5, 5.41) is 4.81. The number of anilines is 1. The van der Waals surface area contributed by atoms with E-state index in [1.807, 2.05) is 24.3 Å². The summed E-state index contributed by atoms with van der Waals surface area (Å²) >= 11 is 7.21. The number of fused-ring (bicyclic) bond motifs is 1. The highest BCUT2D eigenvalue weighted by molar-refractivity contribution is 7.91. The molecule has 0 fully saturated rings. The summed E-state index contributed by atoms with van der Waals surface area (Å²) in [5.74, 6) is 0.250. The number of thiophene rings is 1. The van der Waals surface area contributed by atoms with Crippen LogP contribution in [0.25, 0.3) is 0 Å². The molecule has 0 unspecified atom stereocenters. The van der Waals surface area contributed by atoms with Crippen molar-refractivity contribution in [3.05, 3.63) is 69.4 Å². The summed E-state index contributed by atoms with van der Waals surface area (Å²) in [6.45, 7) is 0. The standard InChI is InChI=1S/C20H16ClNO4S2/c1-26-14-4-2-3-12(9-14)16-10-18(23)22-19-17(11-27-20(16)19)28(24,25)15-7-5-13(21)6-8-15/h2-9,11,16H,10H2,1H3,(H,22,23)/t16-/m0/s1. The Hall–Kier alpha value is -2.35. The normalized spacial score (nSPS) is 16.4. The van der Waals surface area contributed by atoms with Crippen LogP contribution in [-0.4, -0.2) is 21.4 Å². The van der Waals surface area contributed by atoms with Crippen molar-refractivity contribution in [3.63, 3.8) is 0 Å². The Morgan fingerprint density at radius 2 is 1.93 bits per heavy atom. The van der Waals surface area contributed by atoms with Gasteiger partial charge in [0.15, 0.2) is 0 Å². The van der Waals surface area contributed by atoms with Crippen LogP contribution in [0.3, 0.4) is 0 Å². The summed E-state index contributed by atoms with van der Waals surface area (Å²) < 4.78 is 31.5. The number of nitrogens with one attached hydrogen (secondary N) is 1. The summed E-state index contributed by atoms with van der Waals surface area (Å²) in [7, 11) is -2.20. The molecule has 2 heterocycles. The molecule has 8 heteroatoms. The highest BCUT2D eigenvalue weighted by Gasteiger charge is 2.34. The minimum atomic E-state index is -3.78. The molecule has 0 aliphatic carbocycles. The molecule has 1 N–H and O–H groups in total. The van der Waals surface area contributed by atoms with Crippen LogP contribution in [0.1, 0.15) is 22.8 Å². The highest BCUT2D eigenvalue weighted by Crippen LogP contribution is 2.46. The van der Waals surface area contributed by atoms with E-state index in [4.69, 9.17) is 16.3 Å². The molecule has 3 aromatic rings. The third-order valence-corrected chi connectivity index (χ3v) is 7.96. The molecule has 5 nitrogen and oxygen atoms in total. The Balaban J connectivity index is 1.81. The molecular weight excluding hydrogens is 418 g/mol. The van der Waals surface area contributed by atoms with Gasteiger partial charge in [-0.3, -0.25) is 4.79 Å².